The summed E-state index contributed by atoms with van der Waals surface area (Å²) < 4.78 is 23.5. The molecule has 2 aliphatic rings. The van der Waals surface area contributed by atoms with E-state index in [1.54, 1.807) is 12.1 Å². The third-order valence-corrected chi connectivity index (χ3v) is 11.5. The molecule has 0 aliphatic heterocycles. The van der Waals surface area contributed by atoms with Crippen LogP contribution in [0.15, 0.2) is 34.3 Å². The first-order valence-electron chi connectivity index (χ1n) is 23.0. The largest absolute Gasteiger partial charge is 0.496 e. The third-order valence-electron chi connectivity index (χ3n) is 11.5. The molecule has 0 saturated heterocycles. The molecule has 0 atom stereocenters. The number of nitrogens with zero attached hydrogens (tertiary/aromatic N) is 3. The van der Waals surface area contributed by atoms with Crippen LogP contribution in [0.5, 0.6) is 23.0 Å². The highest BCUT2D eigenvalue weighted by Crippen LogP contribution is 2.33. The number of nitrogens with two attached hydrogens (primary N) is 4. The molecule has 2 aliphatic carbocycles. The van der Waals surface area contributed by atoms with Crippen molar-refractivity contribution >= 4 is 35.5 Å². The molecule has 4 rings (SSSR count). The second kappa shape index (κ2) is 27.4. The van der Waals surface area contributed by atoms with Gasteiger partial charge in [-0.3, -0.25) is 29.2 Å². The van der Waals surface area contributed by atoms with E-state index in [-0.39, 0.29) is 87.4 Å². The lowest BCUT2D eigenvalue weighted by molar-refractivity contribution is 0.0885. The maximum atomic E-state index is 14.3. The van der Waals surface area contributed by atoms with Gasteiger partial charge in [-0.25, -0.2) is 0 Å². The fraction of sp³-hybridized carbons (Fsp3) is 0.609. The van der Waals surface area contributed by atoms with Crippen LogP contribution in [0.2, 0.25) is 0 Å². The summed E-state index contributed by atoms with van der Waals surface area (Å²) in [6.45, 7) is 2.72. The van der Waals surface area contributed by atoms with Crippen LogP contribution in [0.4, 0.5) is 0 Å². The number of methoxy groups -OCH3 is 2. The Balaban J connectivity index is 1.48. The standard InChI is InChI=1S/C46H73N11O8/c1-57(2)23-22-51-41(58)33-26-34(38(63-4)28-37(33)62-3)42(59)55-31-16-18-32(19-17-31)56-44(61)36-27-35(43(60)54-30-14-8-5-9-15-30)39(64-24-12-6-10-20-52-45(47)48)29-40(36)65-25-13-7-11-21-53-46(49)50/h26-32H,5-25H2,1-4H3,(H,51,58)(H,54,60)(H,55,59)(H,56,61)(H4,47,48,52)(H4,49,50,53). The van der Waals surface area contributed by atoms with Gasteiger partial charge in [0.05, 0.1) is 49.7 Å². The summed E-state index contributed by atoms with van der Waals surface area (Å²) in [5, 5.41) is 12.3. The van der Waals surface area contributed by atoms with Crippen molar-refractivity contribution in [1.29, 1.82) is 0 Å². The van der Waals surface area contributed by atoms with Crippen LogP contribution in [0.25, 0.3) is 0 Å². The van der Waals surface area contributed by atoms with Gasteiger partial charge in [-0.2, -0.15) is 0 Å². The monoisotopic (exact) mass is 908 g/mol. The van der Waals surface area contributed by atoms with Crippen molar-refractivity contribution in [3.05, 3.63) is 46.5 Å². The lowest BCUT2D eigenvalue weighted by Gasteiger charge is -2.30. The topological polar surface area (TPSA) is 285 Å². The second-order valence-electron chi connectivity index (χ2n) is 16.9. The zero-order chi connectivity index (χ0) is 47.1. The highest BCUT2D eigenvalue weighted by atomic mass is 16.5. The molecule has 360 valence electrons. The molecule has 2 aromatic rings. The molecule has 19 nitrogen and oxygen atoms in total. The Morgan fingerprint density at radius 3 is 1.37 bits per heavy atom. The molecule has 65 heavy (non-hydrogen) atoms. The zero-order valence-electron chi connectivity index (χ0n) is 38.8. The van der Waals surface area contributed by atoms with E-state index in [1.807, 2.05) is 19.0 Å². The van der Waals surface area contributed by atoms with E-state index in [2.05, 4.69) is 31.3 Å². The van der Waals surface area contributed by atoms with Gasteiger partial charge in [-0.05, 0) is 103 Å². The van der Waals surface area contributed by atoms with Crippen molar-refractivity contribution < 1.29 is 38.1 Å². The summed E-state index contributed by atoms with van der Waals surface area (Å²) in [5.41, 5.74) is 22.8. The van der Waals surface area contributed by atoms with E-state index in [9.17, 15) is 19.2 Å². The molecule has 0 radical (unpaired) electrons. The Morgan fingerprint density at radius 2 is 0.954 bits per heavy atom. The fourth-order valence-corrected chi connectivity index (χ4v) is 7.88. The highest BCUT2D eigenvalue weighted by Gasteiger charge is 2.29. The Kier molecular flexibility index (Phi) is 21.7. The number of likely N-dealkylation sites (N-methyl/N-ethyl adjacent to an activating group) is 1. The van der Waals surface area contributed by atoms with Crippen LogP contribution >= 0.6 is 0 Å². The van der Waals surface area contributed by atoms with E-state index < -0.39 is 0 Å². The molecule has 2 saturated carbocycles. The molecule has 0 aromatic heterocycles. The number of unbranched alkanes of at least 4 members (excludes halogenated alkanes) is 4. The molecular formula is C46H73N11O8. The number of carbonyl (C=O) groups is 4. The summed E-state index contributed by atoms with van der Waals surface area (Å²) in [7, 11) is 6.74. The van der Waals surface area contributed by atoms with Gasteiger partial charge >= 0.3 is 0 Å². The summed E-state index contributed by atoms with van der Waals surface area (Å²) in [6, 6.07) is 5.91. The normalized spacial score (nSPS) is 16.1. The highest BCUT2D eigenvalue weighted by molar-refractivity contribution is 6.04. The average molecular weight is 908 g/mol. The Bertz CT molecular complexity index is 1920. The maximum absolute atomic E-state index is 14.3. The van der Waals surface area contributed by atoms with E-state index in [0.717, 1.165) is 57.8 Å². The van der Waals surface area contributed by atoms with Crippen molar-refractivity contribution in [2.45, 2.75) is 114 Å². The van der Waals surface area contributed by atoms with E-state index in [1.165, 1.54) is 26.4 Å². The zero-order valence-corrected chi connectivity index (χ0v) is 38.8. The minimum absolute atomic E-state index is 0.0351. The van der Waals surface area contributed by atoms with Gasteiger partial charge in [0.1, 0.15) is 23.0 Å². The number of guanidine groups is 2. The van der Waals surface area contributed by atoms with Gasteiger partial charge in [0.2, 0.25) is 0 Å². The van der Waals surface area contributed by atoms with Gasteiger partial charge in [0.25, 0.3) is 23.6 Å². The molecule has 0 bridgehead atoms. The predicted molar refractivity (Wildman–Crippen MR) is 252 cm³/mol. The van der Waals surface area contributed by atoms with Crippen LogP contribution in [0.3, 0.4) is 0 Å². The maximum Gasteiger partial charge on any atom is 0.255 e. The van der Waals surface area contributed by atoms with Gasteiger partial charge in [0, 0.05) is 56.4 Å². The number of benzene rings is 2. The second-order valence-corrected chi connectivity index (χ2v) is 16.9. The van der Waals surface area contributed by atoms with Crippen LogP contribution in [0.1, 0.15) is 138 Å². The summed E-state index contributed by atoms with van der Waals surface area (Å²) in [6.07, 6.45) is 11.9. The minimum atomic E-state index is -0.385. The molecule has 0 spiro atoms. The number of aliphatic imine (C=N–C) groups is 2. The van der Waals surface area contributed by atoms with Crippen LogP contribution in [0, 0.1) is 0 Å². The summed E-state index contributed by atoms with van der Waals surface area (Å²) in [5.74, 6) is -0.121. The number of hydrogen-bond acceptors (Lipinski definition) is 11. The Hall–Kier alpha value is -5.98. The third kappa shape index (κ3) is 17.5. The number of carbonyl (C=O) groups excluding carboxylic acids is 4. The first-order chi connectivity index (χ1) is 31.3. The number of hydrogen-bond donors (Lipinski definition) is 8. The summed E-state index contributed by atoms with van der Waals surface area (Å²) in [4.78, 5) is 65.1. The Labute approximate surface area is 383 Å². The SMILES string of the molecule is COc1cc(OC)c(C(=O)NC2CCC(NC(=O)c3cc(C(=O)NC4CCCCC4)c(OCCCCCN=C(N)N)cc3OCCCCCN=C(N)N)CC2)cc1C(=O)NCCN(C)C. The molecule has 4 amide bonds. The first kappa shape index (κ1) is 51.7. The molecule has 0 heterocycles. The Morgan fingerprint density at radius 1 is 0.554 bits per heavy atom. The quantitative estimate of drug-likeness (QED) is 0.0383. The van der Waals surface area contributed by atoms with Crippen molar-refractivity contribution in [2.75, 3.05) is 67.7 Å². The van der Waals surface area contributed by atoms with Crippen molar-refractivity contribution in [2.24, 2.45) is 32.9 Å². The van der Waals surface area contributed by atoms with Crippen molar-refractivity contribution in [1.82, 2.24) is 26.2 Å². The number of nitrogens with one attached hydrogen (secondary N) is 4. The van der Waals surface area contributed by atoms with Gasteiger partial charge in [-0.15, -0.1) is 0 Å². The van der Waals surface area contributed by atoms with Crippen LogP contribution in [-0.4, -0.2) is 126 Å². The van der Waals surface area contributed by atoms with E-state index >= 15 is 0 Å². The van der Waals surface area contributed by atoms with Gasteiger partial charge in [-0.1, -0.05) is 19.3 Å². The molecule has 2 fully saturated rings. The van der Waals surface area contributed by atoms with Crippen LogP contribution in [-0.2, 0) is 0 Å². The van der Waals surface area contributed by atoms with Crippen molar-refractivity contribution in [3.63, 3.8) is 0 Å². The average Bonchev–Trinajstić information content (AvgIpc) is 3.28. The fourth-order valence-electron chi connectivity index (χ4n) is 7.88. The lowest BCUT2D eigenvalue weighted by Crippen LogP contribution is -2.44. The first-order valence-corrected chi connectivity index (χ1v) is 23.0. The minimum Gasteiger partial charge on any atom is -0.496 e. The molecule has 2 aromatic carbocycles. The number of ether oxygens (including phenoxy) is 4. The van der Waals surface area contributed by atoms with Gasteiger partial charge < -0.3 is 68.0 Å². The molecular weight excluding hydrogens is 835 g/mol. The number of rotatable bonds is 26. The summed E-state index contributed by atoms with van der Waals surface area (Å²) >= 11 is 0. The van der Waals surface area contributed by atoms with Crippen LogP contribution < -0.4 is 63.1 Å². The molecule has 0 unspecified atom stereocenters. The molecule has 19 heteroatoms. The number of amides is 4. The van der Waals surface area contributed by atoms with E-state index in [4.69, 9.17) is 41.9 Å². The smallest absolute Gasteiger partial charge is 0.255 e. The lowest BCUT2D eigenvalue weighted by atomic mass is 9.90. The molecule has 12 N–H and O–H groups in total. The van der Waals surface area contributed by atoms with Crippen molar-refractivity contribution in [3.8, 4) is 23.0 Å². The predicted octanol–water partition coefficient (Wildman–Crippen LogP) is 3.17. The van der Waals surface area contributed by atoms with Gasteiger partial charge in [0.15, 0.2) is 11.9 Å². The van der Waals surface area contributed by atoms with E-state index in [0.29, 0.717) is 89.4 Å².